The Morgan fingerprint density at radius 2 is 1.96 bits per heavy atom. The van der Waals surface area contributed by atoms with Crippen LogP contribution in [0.15, 0.2) is 54.6 Å². The molecule has 1 saturated heterocycles. The van der Waals surface area contributed by atoms with E-state index in [1.54, 1.807) is 12.1 Å². The van der Waals surface area contributed by atoms with Crippen molar-refractivity contribution in [2.24, 2.45) is 5.41 Å². The molecule has 120 valence electrons. The van der Waals surface area contributed by atoms with Crippen LogP contribution in [0.1, 0.15) is 23.7 Å². The van der Waals surface area contributed by atoms with Crippen molar-refractivity contribution in [1.29, 1.82) is 0 Å². The zero-order valence-corrected chi connectivity index (χ0v) is 13.2. The van der Waals surface area contributed by atoms with E-state index in [1.165, 1.54) is 0 Å². The molecule has 0 unspecified atom stereocenters. The van der Waals surface area contributed by atoms with Crippen LogP contribution in [0.5, 0.6) is 5.75 Å². The number of ether oxygens (including phenoxy) is 2. The van der Waals surface area contributed by atoms with Crippen molar-refractivity contribution in [3.05, 3.63) is 60.2 Å². The molecular formula is C19H21NO3. The van der Waals surface area contributed by atoms with Crippen molar-refractivity contribution < 1.29 is 14.3 Å². The van der Waals surface area contributed by atoms with Crippen LogP contribution in [0.3, 0.4) is 0 Å². The van der Waals surface area contributed by atoms with Gasteiger partial charge in [0.15, 0.2) is 0 Å². The lowest BCUT2D eigenvalue weighted by Gasteiger charge is -2.40. The van der Waals surface area contributed by atoms with Gasteiger partial charge in [-0.1, -0.05) is 31.2 Å². The van der Waals surface area contributed by atoms with Gasteiger partial charge in [-0.05, 0) is 30.7 Å². The van der Waals surface area contributed by atoms with Gasteiger partial charge in [0, 0.05) is 17.3 Å². The van der Waals surface area contributed by atoms with E-state index in [4.69, 9.17) is 9.47 Å². The first-order valence-electron chi connectivity index (χ1n) is 7.88. The maximum atomic E-state index is 12.2. The smallest absolute Gasteiger partial charge is 0.255 e. The highest BCUT2D eigenvalue weighted by atomic mass is 16.5. The van der Waals surface area contributed by atoms with Crippen LogP contribution in [0.25, 0.3) is 0 Å². The number of carbonyl (C=O) groups excluding carboxylic acids is 1. The lowest BCUT2D eigenvalue weighted by Crippen LogP contribution is -2.46. The Bertz CT molecular complexity index is 660. The number of nitrogens with one attached hydrogen (secondary N) is 1. The number of carbonyl (C=O) groups is 1. The molecule has 0 aliphatic carbocycles. The Morgan fingerprint density at radius 1 is 1.17 bits per heavy atom. The summed E-state index contributed by atoms with van der Waals surface area (Å²) in [5, 5.41) is 2.89. The Labute approximate surface area is 136 Å². The van der Waals surface area contributed by atoms with E-state index in [9.17, 15) is 4.79 Å². The maximum absolute atomic E-state index is 12.2. The standard InChI is InChI=1S/C19H21NO3/c1-2-19(12-22-13-19)14-23-17-10-6-9-16(11-17)20-18(21)15-7-4-3-5-8-15/h3-11H,2,12-14H2,1H3,(H,20,21). The third-order valence-corrected chi connectivity index (χ3v) is 4.24. The van der Waals surface area contributed by atoms with Gasteiger partial charge in [-0.15, -0.1) is 0 Å². The van der Waals surface area contributed by atoms with Crippen LogP contribution in [-0.4, -0.2) is 25.7 Å². The third kappa shape index (κ3) is 3.71. The number of benzene rings is 2. The zero-order chi connectivity index (χ0) is 16.1. The maximum Gasteiger partial charge on any atom is 0.255 e. The molecule has 1 aliphatic rings. The topological polar surface area (TPSA) is 47.6 Å². The molecule has 3 rings (SSSR count). The number of rotatable bonds is 6. The number of hydrogen-bond acceptors (Lipinski definition) is 3. The summed E-state index contributed by atoms with van der Waals surface area (Å²) in [4.78, 5) is 12.2. The van der Waals surface area contributed by atoms with Gasteiger partial charge in [-0.2, -0.15) is 0 Å². The predicted octanol–water partition coefficient (Wildman–Crippen LogP) is 3.74. The van der Waals surface area contributed by atoms with Gasteiger partial charge >= 0.3 is 0 Å². The molecule has 1 fully saturated rings. The lowest BCUT2D eigenvalue weighted by molar-refractivity contribution is -0.133. The molecule has 1 heterocycles. The average molecular weight is 311 g/mol. The second-order valence-electron chi connectivity index (χ2n) is 5.98. The molecule has 1 aliphatic heterocycles. The van der Waals surface area contributed by atoms with E-state index in [-0.39, 0.29) is 11.3 Å². The molecule has 1 N–H and O–H groups in total. The fraction of sp³-hybridized carbons (Fsp3) is 0.316. The largest absolute Gasteiger partial charge is 0.493 e. The van der Waals surface area contributed by atoms with Gasteiger partial charge in [0.1, 0.15) is 5.75 Å². The van der Waals surface area contributed by atoms with Crippen molar-refractivity contribution in [2.45, 2.75) is 13.3 Å². The normalized spacial score (nSPS) is 15.5. The SMILES string of the molecule is CCC1(COc2cccc(NC(=O)c3ccccc3)c2)COC1. The van der Waals surface area contributed by atoms with Gasteiger partial charge in [0.25, 0.3) is 5.91 Å². The molecule has 0 spiro atoms. The third-order valence-electron chi connectivity index (χ3n) is 4.24. The minimum absolute atomic E-state index is 0.125. The molecule has 0 aromatic heterocycles. The highest BCUT2D eigenvalue weighted by Crippen LogP contribution is 2.32. The van der Waals surface area contributed by atoms with Crippen molar-refractivity contribution in [3.63, 3.8) is 0 Å². The monoisotopic (exact) mass is 311 g/mol. The van der Waals surface area contributed by atoms with Gasteiger partial charge in [0.05, 0.1) is 25.2 Å². The molecule has 0 saturated carbocycles. The summed E-state index contributed by atoms with van der Waals surface area (Å²) in [6, 6.07) is 16.7. The van der Waals surface area contributed by atoms with Crippen molar-refractivity contribution in [3.8, 4) is 5.75 Å². The minimum atomic E-state index is -0.125. The van der Waals surface area contributed by atoms with Gasteiger partial charge in [0.2, 0.25) is 0 Å². The van der Waals surface area contributed by atoms with Crippen molar-refractivity contribution in [2.75, 3.05) is 25.1 Å². The molecule has 0 bridgehead atoms. The van der Waals surface area contributed by atoms with Gasteiger partial charge in [-0.25, -0.2) is 0 Å². The van der Waals surface area contributed by atoms with Crippen molar-refractivity contribution >= 4 is 11.6 Å². The van der Waals surface area contributed by atoms with Crippen LogP contribution in [-0.2, 0) is 4.74 Å². The van der Waals surface area contributed by atoms with E-state index in [2.05, 4.69) is 12.2 Å². The van der Waals surface area contributed by atoms with Crippen molar-refractivity contribution in [1.82, 2.24) is 0 Å². The summed E-state index contributed by atoms with van der Waals surface area (Å²) in [7, 11) is 0. The highest BCUT2D eigenvalue weighted by molar-refractivity contribution is 6.04. The fourth-order valence-corrected chi connectivity index (χ4v) is 2.47. The molecule has 4 nitrogen and oxygen atoms in total. The van der Waals surface area contributed by atoms with Gasteiger partial charge < -0.3 is 14.8 Å². The number of anilines is 1. The van der Waals surface area contributed by atoms with E-state index in [0.717, 1.165) is 31.1 Å². The highest BCUT2D eigenvalue weighted by Gasteiger charge is 2.37. The summed E-state index contributed by atoms with van der Waals surface area (Å²) in [6.45, 7) is 4.31. The quantitative estimate of drug-likeness (QED) is 0.884. The number of amides is 1. The predicted molar refractivity (Wildman–Crippen MR) is 89.9 cm³/mol. The summed E-state index contributed by atoms with van der Waals surface area (Å²) in [5.41, 5.74) is 1.51. The van der Waals surface area contributed by atoms with Gasteiger partial charge in [-0.3, -0.25) is 4.79 Å². The summed E-state index contributed by atoms with van der Waals surface area (Å²) in [6.07, 6.45) is 1.04. The summed E-state index contributed by atoms with van der Waals surface area (Å²) < 4.78 is 11.2. The van der Waals surface area contributed by atoms with Crippen LogP contribution < -0.4 is 10.1 Å². The molecule has 1 amide bonds. The summed E-state index contributed by atoms with van der Waals surface area (Å²) in [5.74, 6) is 0.635. The second kappa shape index (κ2) is 6.84. The zero-order valence-electron chi connectivity index (χ0n) is 13.2. The average Bonchev–Trinajstić information content (AvgIpc) is 2.55. The first-order chi connectivity index (χ1) is 11.2. The first kappa shape index (κ1) is 15.6. The first-order valence-corrected chi connectivity index (χ1v) is 7.88. The van der Waals surface area contributed by atoms with E-state index < -0.39 is 0 Å². The Balaban J connectivity index is 1.62. The molecule has 2 aromatic rings. The Hall–Kier alpha value is -2.33. The van der Waals surface area contributed by atoms with Crippen LogP contribution in [0, 0.1) is 5.41 Å². The molecule has 0 atom stereocenters. The fourth-order valence-electron chi connectivity index (χ4n) is 2.47. The Kier molecular flexibility index (Phi) is 4.63. The van der Waals surface area contributed by atoms with Crippen LogP contribution in [0.2, 0.25) is 0 Å². The molecule has 4 heteroatoms. The number of hydrogen-bond donors (Lipinski definition) is 1. The van der Waals surface area contributed by atoms with Crippen LogP contribution in [0.4, 0.5) is 5.69 Å². The Morgan fingerprint density at radius 3 is 2.61 bits per heavy atom. The summed E-state index contributed by atoms with van der Waals surface area (Å²) >= 11 is 0. The molecule has 2 aromatic carbocycles. The van der Waals surface area contributed by atoms with E-state index >= 15 is 0 Å². The van der Waals surface area contributed by atoms with E-state index in [1.807, 2.05) is 42.5 Å². The minimum Gasteiger partial charge on any atom is -0.493 e. The molecular weight excluding hydrogens is 290 g/mol. The molecule has 0 radical (unpaired) electrons. The lowest BCUT2D eigenvalue weighted by atomic mass is 9.84. The van der Waals surface area contributed by atoms with E-state index in [0.29, 0.717) is 12.2 Å². The molecule has 23 heavy (non-hydrogen) atoms. The second-order valence-corrected chi connectivity index (χ2v) is 5.98. The van der Waals surface area contributed by atoms with Crippen LogP contribution >= 0.6 is 0 Å².